The van der Waals surface area contributed by atoms with Gasteiger partial charge in [0.15, 0.2) is 0 Å². The Morgan fingerprint density at radius 3 is 2.24 bits per heavy atom. The summed E-state index contributed by atoms with van der Waals surface area (Å²) < 4.78 is 5.37. The monoisotopic (exact) mass is 438 g/mol. The normalized spacial score (nSPS) is 10.5. The van der Waals surface area contributed by atoms with Gasteiger partial charge in [-0.25, -0.2) is 9.59 Å². The first kappa shape index (κ1) is 21.5. The lowest BCUT2D eigenvalue weighted by Crippen LogP contribution is -2.13. The molecule has 0 fully saturated rings. The third kappa shape index (κ3) is 4.97. The van der Waals surface area contributed by atoms with Crippen LogP contribution in [0.4, 0.5) is 0 Å². The molecule has 7 heteroatoms. The molecule has 33 heavy (non-hydrogen) atoms. The number of carbonyl (C=O) groups is 2. The average molecular weight is 438 g/mol. The molecule has 0 aliphatic carbocycles. The predicted molar refractivity (Wildman–Crippen MR) is 121 cm³/mol. The van der Waals surface area contributed by atoms with Gasteiger partial charge in [-0.3, -0.25) is 4.79 Å². The Morgan fingerprint density at radius 1 is 0.909 bits per heavy atom. The number of aromatic nitrogens is 1. The first-order chi connectivity index (χ1) is 15.9. The zero-order chi connectivity index (χ0) is 23.4. The fraction of sp³-hybridized carbons (Fsp3) is 0.0769. The van der Waals surface area contributed by atoms with Crippen molar-refractivity contribution in [1.29, 1.82) is 5.26 Å². The van der Waals surface area contributed by atoms with Crippen LogP contribution >= 0.6 is 0 Å². The van der Waals surface area contributed by atoms with Crippen molar-refractivity contribution in [2.45, 2.75) is 13.0 Å². The van der Waals surface area contributed by atoms with Crippen molar-refractivity contribution in [3.8, 4) is 6.07 Å². The van der Waals surface area contributed by atoms with Crippen molar-refractivity contribution >= 4 is 22.8 Å². The van der Waals surface area contributed by atoms with Gasteiger partial charge in [-0.15, -0.1) is 0 Å². The van der Waals surface area contributed by atoms with Crippen LogP contribution in [0.2, 0.25) is 0 Å². The molecular weight excluding hydrogens is 420 g/mol. The molecular formula is C26H18N2O5. The van der Waals surface area contributed by atoms with Crippen LogP contribution in [0.25, 0.3) is 10.9 Å². The Labute approximate surface area is 188 Å². The second-order valence-corrected chi connectivity index (χ2v) is 7.49. The van der Waals surface area contributed by atoms with Crippen molar-refractivity contribution in [2.75, 3.05) is 0 Å². The van der Waals surface area contributed by atoms with E-state index in [9.17, 15) is 14.4 Å². The third-order valence-corrected chi connectivity index (χ3v) is 5.21. The number of aromatic carboxylic acids is 1. The zero-order valence-electron chi connectivity index (χ0n) is 17.4. The van der Waals surface area contributed by atoms with Gasteiger partial charge in [0.05, 0.1) is 22.8 Å². The van der Waals surface area contributed by atoms with Crippen LogP contribution in [0.5, 0.6) is 0 Å². The van der Waals surface area contributed by atoms with Gasteiger partial charge < -0.3 is 14.8 Å². The highest BCUT2D eigenvalue weighted by Crippen LogP contribution is 2.17. The first-order valence-electron chi connectivity index (χ1n) is 10.1. The second kappa shape index (κ2) is 9.20. The molecule has 0 bridgehead atoms. The predicted octanol–water partition coefficient (Wildman–Crippen LogP) is 4.05. The standard InChI is InChI=1S/C26H18N2O5/c27-14-17-1-3-18(4-2-17)15-33-26(32)20-9-10-23-21(12-20)13-22(24(29)28-23)11-16-5-7-19(8-6-16)25(30)31/h1-10,12-13H,11,15H2,(H,28,29)(H,30,31). The number of fused-ring (bicyclic) bond motifs is 1. The third-order valence-electron chi connectivity index (χ3n) is 5.21. The van der Waals surface area contributed by atoms with Gasteiger partial charge >= 0.3 is 11.9 Å². The van der Waals surface area contributed by atoms with Crippen LogP contribution in [-0.4, -0.2) is 22.0 Å². The lowest BCUT2D eigenvalue weighted by Gasteiger charge is -2.08. The van der Waals surface area contributed by atoms with E-state index in [1.54, 1.807) is 60.7 Å². The molecule has 1 aromatic heterocycles. The molecule has 0 aliphatic heterocycles. The topological polar surface area (TPSA) is 120 Å². The minimum Gasteiger partial charge on any atom is -0.478 e. The fourth-order valence-electron chi connectivity index (χ4n) is 3.40. The number of benzene rings is 3. The summed E-state index contributed by atoms with van der Waals surface area (Å²) in [6, 6.07) is 21.8. The number of nitrogens with zero attached hydrogens (tertiary/aromatic N) is 1. The number of nitriles is 1. The molecule has 162 valence electrons. The number of carbonyl (C=O) groups excluding carboxylic acids is 1. The summed E-state index contributed by atoms with van der Waals surface area (Å²) >= 11 is 0. The number of H-pyrrole nitrogens is 1. The highest BCUT2D eigenvalue weighted by Gasteiger charge is 2.11. The number of carboxylic acids is 1. The highest BCUT2D eigenvalue weighted by molar-refractivity contribution is 5.94. The molecule has 0 aliphatic rings. The maximum atomic E-state index is 12.5. The zero-order valence-corrected chi connectivity index (χ0v) is 17.4. The van der Waals surface area contributed by atoms with Crippen molar-refractivity contribution in [1.82, 2.24) is 4.98 Å². The number of hydrogen-bond acceptors (Lipinski definition) is 5. The molecule has 4 rings (SSSR count). The molecule has 7 nitrogen and oxygen atoms in total. The Bertz CT molecular complexity index is 1450. The Kier molecular flexibility index (Phi) is 6.00. The van der Waals surface area contributed by atoms with Gasteiger partial charge in [0.25, 0.3) is 5.56 Å². The van der Waals surface area contributed by atoms with Crippen LogP contribution in [0, 0.1) is 11.3 Å². The molecule has 0 unspecified atom stereocenters. The minimum atomic E-state index is -1.01. The van der Waals surface area contributed by atoms with Gasteiger partial charge in [-0.1, -0.05) is 24.3 Å². The van der Waals surface area contributed by atoms with E-state index in [1.807, 2.05) is 6.07 Å². The van der Waals surface area contributed by atoms with E-state index in [4.69, 9.17) is 15.1 Å². The summed E-state index contributed by atoms with van der Waals surface area (Å²) in [6.07, 6.45) is 0.318. The number of hydrogen-bond donors (Lipinski definition) is 2. The number of rotatable bonds is 6. The summed E-state index contributed by atoms with van der Waals surface area (Å²) in [5.74, 6) is -1.51. The van der Waals surface area contributed by atoms with Crippen LogP contribution in [0.3, 0.4) is 0 Å². The Morgan fingerprint density at radius 2 is 1.58 bits per heavy atom. The summed E-state index contributed by atoms with van der Waals surface area (Å²) in [4.78, 5) is 38.8. The van der Waals surface area contributed by atoms with Crippen LogP contribution in [0.15, 0.2) is 77.6 Å². The number of aromatic amines is 1. The summed E-state index contributed by atoms with van der Waals surface area (Å²) in [5.41, 5.74) is 3.45. The van der Waals surface area contributed by atoms with Gasteiger partial charge in [0.2, 0.25) is 0 Å². The van der Waals surface area contributed by atoms with Crippen LogP contribution < -0.4 is 5.56 Å². The van der Waals surface area contributed by atoms with Crippen LogP contribution in [-0.2, 0) is 17.8 Å². The van der Waals surface area contributed by atoms with Gasteiger partial charge in [0.1, 0.15) is 6.61 Å². The lowest BCUT2D eigenvalue weighted by atomic mass is 10.0. The molecule has 2 N–H and O–H groups in total. The maximum absolute atomic E-state index is 12.5. The maximum Gasteiger partial charge on any atom is 0.338 e. The molecule has 3 aromatic carbocycles. The fourth-order valence-corrected chi connectivity index (χ4v) is 3.40. The van der Waals surface area contributed by atoms with E-state index in [0.29, 0.717) is 34.0 Å². The van der Waals surface area contributed by atoms with E-state index in [1.165, 1.54) is 12.1 Å². The Hall–Kier alpha value is -4.70. The van der Waals surface area contributed by atoms with Gasteiger partial charge in [0, 0.05) is 17.5 Å². The molecule has 4 aromatic rings. The van der Waals surface area contributed by atoms with E-state index in [-0.39, 0.29) is 17.7 Å². The molecule has 0 atom stereocenters. The van der Waals surface area contributed by atoms with E-state index in [0.717, 1.165) is 11.1 Å². The summed E-state index contributed by atoms with van der Waals surface area (Å²) in [5, 5.41) is 18.6. The number of pyridine rings is 1. The van der Waals surface area contributed by atoms with E-state index < -0.39 is 11.9 Å². The lowest BCUT2D eigenvalue weighted by molar-refractivity contribution is 0.0472. The van der Waals surface area contributed by atoms with Gasteiger partial charge in [-0.05, 0) is 65.0 Å². The SMILES string of the molecule is N#Cc1ccc(COC(=O)c2ccc3[nH]c(=O)c(Cc4ccc(C(=O)O)cc4)cc3c2)cc1. The van der Waals surface area contributed by atoms with E-state index >= 15 is 0 Å². The Balaban J connectivity index is 1.52. The number of carboxylic acid groups (broad SMARTS) is 1. The average Bonchev–Trinajstić information content (AvgIpc) is 2.83. The molecule has 1 heterocycles. The number of ether oxygens (including phenoxy) is 1. The summed E-state index contributed by atoms with van der Waals surface area (Å²) in [6.45, 7) is 0.0752. The number of esters is 1. The van der Waals surface area contributed by atoms with E-state index in [2.05, 4.69) is 4.98 Å². The highest BCUT2D eigenvalue weighted by atomic mass is 16.5. The van der Waals surface area contributed by atoms with Crippen molar-refractivity contribution < 1.29 is 19.4 Å². The molecule has 0 radical (unpaired) electrons. The molecule has 0 saturated heterocycles. The van der Waals surface area contributed by atoms with Crippen molar-refractivity contribution in [3.63, 3.8) is 0 Å². The minimum absolute atomic E-state index is 0.0752. The first-order valence-corrected chi connectivity index (χ1v) is 10.1. The van der Waals surface area contributed by atoms with Crippen LogP contribution in [0.1, 0.15) is 43.0 Å². The summed E-state index contributed by atoms with van der Waals surface area (Å²) in [7, 11) is 0. The van der Waals surface area contributed by atoms with Crippen molar-refractivity contribution in [3.05, 3.63) is 117 Å². The largest absolute Gasteiger partial charge is 0.478 e. The molecule has 0 saturated carbocycles. The smallest absolute Gasteiger partial charge is 0.338 e. The van der Waals surface area contributed by atoms with Crippen molar-refractivity contribution in [2.24, 2.45) is 0 Å². The molecule has 0 spiro atoms. The quantitative estimate of drug-likeness (QED) is 0.438. The van der Waals surface area contributed by atoms with Gasteiger partial charge in [-0.2, -0.15) is 5.26 Å². The second-order valence-electron chi connectivity index (χ2n) is 7.49. The molecule has 0 amide bonds. The number of nitrogens with one attached hydrogen (secondary N) is 1.